The van der Waals surface area contributed by atoms with Gasteiger partial charge < -0.3 is 10.1 Å². The number of Topliss-reactive ketones (excluding diaryl/α,β-unsaturated/α-hetero) is 1. The zero-order valence-corrected chi connectivity index (χ0v) is 16.4. The second kappa shape index (κ2) is 10.0. The molecule has 0 aliphatic rings. The van der Waals surface area contributed by atoms with E-state index in [-0.39, 0.29) is 12.5 Å². The summed E-state index contributed by atoms with van der Waals surface area (Å²) in [5.41, 5.74) is 0.284. The van der Waals surface area contributed by atoms with Gasteiger partial charge in [-0.1, -0.05) is 40.7 Å². The van der Waals surface area contributed by atoms with Crippen LogP contribution in [0, 0.1) is 11.3 Å². The summed E-state index contributed by atoms with van der Waals surface area (Å²) >= 11 is 0. The van der Waals surface area contributed by atoms with Gasteiger partial charge in [0.15, 0.2) is 0 Å². The third kappa shape index (κ3) is 7.76. The maximum absolute atomic E-state index is 12.3. The van der Waals surface area contributed by atoms with E-state index >= 15 is 0 Å². The Bertz CT molecular complexity index is 606. The number of esters is 1. The normalized spacial score (nSPS) is 12.5. The number of amides is 1. The minimum absolute atomic E-state index is 0.174. The van der Waals surface area contributed by atoms with E-state index in [1.54, 1.807) is 33.2 Å². The number of hydrogen-bond donors (Lipinski definition) is 1. The fourth-order valence-corrected chi connectivity index (χ4v) is 2.35. The minimum Gasteiger partial charge on any atom is -0.464 e. The minimum atomic E-state index is -0.813. The van der Waals surface area contributed by atoms with Gasteiger partial charge in [-0.05, 0) is 36.8 Å². The van der Waals surface area contributed by atoms with Gasteiger partial charge in [0.2, 0.25) is 5.78 Å². The van der Waals surface area contributed by atoms with Gasteiger partial charge >= 0.3 is 5.97 Å². The number of nitrogens with one attached hydrogen (secondary N) is 1. The quantitative estimate of drug-likeness (QED) is 0.415. The lowest BCUT2D eigenvalue weighted by Gasteiger charge is -2.21. The van der Waals surface area contributed by atoms with E-state index in [1.165, 1.54) is 0 Å². The van der Waals surface area contributed by atoms with Gasteiger partial charge in [0, 0.05) is 17.8 Å². The summed E-state index contributed by atoms with van der Waals surface area (Å²) in [4.78, 5) is 40.6. The van der Waals surface area contributed by atoms with Crippen LogP contribution in [0.4, 0.5) is 0 Å². The molecule has 1 heterocycles. The van der Waals surface area contributed by atoms with Gasteiger partial charge in [-0.3, -0.25) is 14.6 Å². The Labute approximate surface area is 155 Å². The van der Waals surface area contributed by atoms with Gasteiger partial charge in [0.1, 0.15) is 6.04 Å². The molecule has 1 amide bonds. The molecule has 0 unspecified atom stereocenters. The molecule has 26 heavy (non-hydrogen) atoms. The number of nitrogens with zero attached hydrogens (tertiary/aromatic N) is 1. The van der Waals surface area contributed by atoms with Gasteiger partial charge in [0.25, 0.3) is 5.91 Å². The molecule has 0 aliphatic heterocycles. The Morgan fingerprint density at radius 2 is 1.92 bits per heavy atom. The van der Waals surface area contributed by atoms with Crippen molar-refractivity contribution in [1.29, 1.82) is 0 Å². The van der Waals surface area contributed by atoms with Crippen LogP contribution in [-0.2, 0) is 25.5 Å². The predicted molar refractivity (Wildman–Crippen MR) is 99.4 cm³/mol. The molecule has 1 aromatic heterocycles. The first-order valence-corrected chi connectivity index (χ1v) is 9.02. The van der Waals surface area contributed by atoms with E-state index < -0.39 is 29.1 Å². The molecule has 1 rings (SSSR count). The second-order valence-corrected chi connectivity index (χ2v) is 7.87. The van der Waals surface area contributed by atoms with Crippen LogP contribution >= 0.6 is 0 Å². The molecule has 0 bridgehead atoms. The zero-order valence-electron chi connectivity index (χ0n) is 16.4. The van der Waals surface area contributed by atoms with E-state index in [1.807, 2.05) is 26.0 Å². The number of aromatic nitrogens is 1. The molecular formula is C20H30N2O4. The average Bonchev–Trinajstić information content (AvgIpc) is 2.56. The molecule has 1 atom stereocenters. The van der Waals surface area contributed by atoms with Crippen molar-refractivity contribution < 1.29 is 19.1 Å². The van der Waals surface area contributed by atoms with Crippen molar-refractivity contribution in [2.75, 3.05) is 6.61 Å². The molecule has 0 saturated heterocycles. The van der Waals surface area contributed by atoms with E-state index in [0.29, 0.717) is 12.8 Å². The maximum Gasteiger partial charge on any atom is 0.328 e. The van der Waals surface area contributed by atoms with Crippen LogP contribution in [0.15, 0.2) is 24.5 Å². The SMILES string of the molecule is CC(C)C[C@H](NC(=O)C(=O)C(C)(C)C)C(=O)OCCCc1cccnc1. The summed E-state index contributed by atoms with van der Waals surface area (Å²) in [5.74, 6) is -1.61. The van der Waals surface area contributed by atoms with Crippen LogP contribution in [-0.4, -0.2) is 35.3 Å². The molecule has 0 fully saturated rings. The summed E-state index contributed by atoms with van der Waals surface area (Å²) in [6.45, 7) is 9.15. The largest absolute Gasteiger partial charge is 0.464 e. The summed E-state index contributed by atoms with van der Waals surface area (Å²) in [6.07, 6.45) is 5.33. The van der Waals surface area contributed by atoms with Gasteiger partial charge in [-0.25, -0.2) is 4.79 Å². The molecule has 0 aliphatic carbocycles. The number of carbonyl (C=O) groups excluding carboxylic acids is 3. The molecule has 6 nitrogen and oxygen atoms in total. The van der Waals surface area contributed by atoms with Crippen LogP contribution in [0.2, 0.25) is 0 Å². The lowest BCUT2D eigenvalue weighted by molar-refractivity contribution is -0.150. The van der Waals surface area contributed by atoms with Crippen molar-refractivity contribution >= 4 is 17.7 Å². The lowest BCUT2D eigenvalue weighted by atomic mass is 9.90. The van der Waals surface area contributed by atoms with Crippen molar-refractivity contribution in [2.24, 2.45) is 11.3 Å². The highest BCUT2D eigenvalue weighted by molar-refractivity contribution is 6.38. The fourth-order valence-electron chi connectivity index (χ4n) is 2.35. The fraction of sp³-hybridized carbons (Fsp3) is 0.600. The number of pyridine rings is 1. The van der Waals surface area contributed by atoms with Crippen molar-refractivity contribution in [3.8, 4) is 0 Å². The summed E-state index contributed by atoms with van der Waals surface area (Å²) in [7, 11) is 0. The molecule has 1 aromatic rings. The van der Waals surface area contributed by atoms with Crippen molar-refractivity contribution in [3.63, 3.8) is 0 Å². The molecule has 6 heteroatoms. The predicted octanol–water partition coefficient (Wildman–Crippen LogP) is 2.70. The number of ether oxygens (including phenoxy) is 1. The smallest absolute Gasteiger partial charge is 0.328 e. The monoisotopic (exact) mass is 362 g/mol. The van der Waals surface area contributed by atoms with E-state index in [2.05, 4.69) is 10.3 Å². The van der Waals surface area contributed by atoms with Crippen molar-refractivity contribution in [1.82, 2.24) is 10.3 Å². The van der Waals surface area contributed by atoms with Crippen molar-refractivity contribution in [2.45, 2.75) is 59.9 Å². The third-order valence-electron chi connectivity index (χ3n) is 3.76. The maximum atomic E-state index is 12.3. The molecule has 0 saturated carbocycles. The van der Waals surface area contributed by atoms with Crippen molar-refractivity contribution in [3.05, 3.63) is 30.1 Å². The summed E-state index contributed by atoms with van der Waals surface area (Å²) < 4.78 is 5.31. The molecular weight excluding hydrogens is 332 g/mol. The van der Waals surface area contributed by atoms with Crippen LogP contribution < -0.4 is 5.32 Å². The highest BCUT2D eigenvalue weighted by Crippen LogP contribution is 2.15. The lowest BCUT2D eigenvalue weighted by Crippen LogP contribution is -2.48. The highest BCUT2D eigenvalue weighted by atomic mass is 16.5. The molecule has 0 aromatic carbocycles. The topological polar surface area (TPSA) is 85.4 Å². The number of carbonyl (C=O) groups is 3. The Morgan fingerprint density at radius 3 is 2.46 bits per heavy atom. The molecule has 0 radical (unpaired) electrons. The van der Waals surface area contributed by atoms with Crippen LogP contribution in [0.5, 0.6) is 0 Å². The van der Waals surface area contributed by atoms with E-state index in [4.69, 9.17) is 4.74 Å². The molecule has 0 spiro atoms. The molecule has 1 N–H and O–H groups in total. The summed E-state index contributed by atoms with van der Waals surface area (Å²) in [5, 5.41) is 2.54. The Hall–Kier alpha value is -2.24. The first kappa shape index (κ1) is 21.8. The van der Waals surface area contributed by atoms with Gasteiger partial charge in [-0.2, -0.15) is 0 Å². The first-order chi connectivity index (χ1) is 12.1. The number of hydrogen-bond acceptors (Lipinski definition) is 5. The van der Waals surface area contributed by atoms with E-state index in [9.17, 15) is 14.4 Å². The van der Waals surface area contributed by atoms with Crippen LogP contribution in [0.3, 0.4) is 0 Å². The van der Waals surface area contributed by atoms with Crippen LogP contribution in [0.25, 0.3) is 0 Å². The Balaban J connectivity index is 2.54. The Morgan fingerprint density at radius 1 is 1.23 bits per heavy atom. The number of rotatable bonds is 9. The third-order valence-corrected chi connectivity index (χ3v) is 3.76. The number of aryl methyl sites for hydroxylation is 1. The Kier molecular flexibility index (Phi) is 8.42. The number of ketones is 1. The van der Waals surface area contributed by atoms with E-state index in [0.717, 1.165) is 12.0 Å². The summed E-state index contributed by atoms with van der Waals surface area (Å²) in [6, 6.07) is 3.02. The standard InChI is InChI=1S/C20H30N2O4/c1-14(2)12-16(22-18(24)17(23)20(3,4)5)19(25)26-11-7-9-15-8-6-10-21-13-15/h6,8,10,13-14,16H,7,9,11-12H2,1-5H3,(H,22,24)/t16-/m0/s1. The molecule has 144 valence electrons. The van der Waals surface area contributed by atoms with Crippen LogP contribution in [0.1, 0.15) is 53.0 Å². The highest BCUT2D eigenvalue weighted by Gasteiger charge is 2.32. The zero-order chi connectivity index (χ0) is 19.7. The first-order valence-electron chi connectivity index (χ1n) is 9.02. The average molecular weight is 362 g/mol. The second-order valence-electron chi connectivity index (χ2n) is 7.87. The van der Waals surface area contributed by atoms with Gasteiger partial charge in [-0.15, -0.1) is 0 Å². The van der Waals surface area contributed by atoms with Gasteiger partial charge in [0.05, 0.1) is 6.61 Å².